The number of benzene rings is 2. The maximum Gasteiger partial charge on any atom is 0.337 e. The van der Waals surface area contributed by atoms with Crippen LogP contribution in [0.25, 0.3) is 10.9 Å². The van der Waals surface area contributed by atoms with Gasteiger partial charge in [-0.1, -0.05) is 12.5 Å². The minimum absolute atomic E-state index is 0.132. The molecule has 1 N–H and O–H groups in total. The quantitative estimate of drug-likeness (QED) is 0.349. The predicted octanol–water partition coefficient (Wildman–Crippen LogP) is 2.39. The SMILES string of the molecule is COC(=O)c1ccc2c(=O)n(CCCCCC(=O)N3CCN(c4cccc(OC)c4)CC3)c(=O)[nH]c2c1. The van der Waals surface area contributed by atoms with Crippen LogP contribution >= 0.6 is 0 Å². The average molecular weight is 509 g/mol. The highest BCUT2D eigenvalue weighted by molar-refractivity contribution is 5.93. The first-order chi connectivity index (χ1) is 17.9. The highest BCUT2D eigenvalue weighted by Gasteiger charge is 2.21. The first-order valence-electron chi connectivity index (χ1n) is 12.4. The molecule has 0 unspecified atom stereocenters. The average Bonchev–Trinajstić information content (AvgIpc) is 2.93. The third-order valence-corrected chi connectivity index (χ3v) is 6.73. The molecule has 1 fully saturated rings. The molecule has 10 nitrogen and oxygen atoms in total. The van der Waals surface area contributed by atoms with Crippen molar-refractivity contribution in [3.63, 3.8) is 0 Å². The fourth-order valence-corrected chi connectivity index (χ4v) is 4.60. The van der Waals surface area contributed by atoms with Crippen LogP contribution in [0, 0.1) is 0 Å². The van der Waals surface area contributed by atoms with Crippen molar-refractivity contribution in [3.05, 3.63) is 68.9 Å². The van der Waals surface area contributed by atoms with Crippen LogP contribution in [0.1, 0.15) is 36.0 Å². The number of methoxy groups -OCH3 is 2. The Bertz CT molecular complexity index is 1390. The monoisotopic (exact) mass is 508 g/mol. The van der Waals surface area contributed by atoms with Gasteiger partial charge >= 0.3 is 11.7 Å². The Morgan fingerprint density at radius 2 is 1.73 bits per heavy atom. The van der Waals surface area contributed by atoms with Crippen LogP contribution in [0.15, 0.2) is 52.1 Å². The molecule has 4 rings (SSSR count). The molecule has 0 radical (unpaired) electrons. The molecule has 0 aliphatic carbocycles. The number of piperazine rings is 1. The van der Waals surface area contributed by atoms with Crippen LogP contribution in [-0.2, 0) is 16.1 Å². The number of carbonyl (C=O) groups is 2. The van der Waals surface area contributed by atoms with E-state index in [1.54, 1.807) is 7.11 Å². The summed E-state index contributed by atoms with van der Waals surface area (Å²) in [6, 6.07) is 12.4. The van der Waals surface area contributed by atoms with Crippen molar-refractivity contribution >= 4 is 28.5 Å². The van der Waals surface area contributed by atoms with Gasteiger partial charge in [-0.3, -0.25) is 14.2 Å². The van der Waals surface area contributed by atoms with Gasteiger partial charge in [-0.15, -0.1) is 0 Å². The molecule has 0 bridgehead atoms. The Morgan fingerprint density at radius 1 is 0.946 bits per heavy atom. The molecule has 3 aromatic rings. The number of amides is 1. The van der Waals surface area contributed by atoms with E-state index in [1.165, 1.54) is 29.9 Å². The number of aromatic nitrogens is 2. The number of unbranched alkanes of at least 4 members (excludes halogenated alkanes) is 2. The number of esters is 1. The lowest BCUT2D eigenvalue weighted by atomic mass is 10.1. The standard InChI is InChI=1S/C27H32N4O6/c1-36-21-8-6-7-20(18-21)29-13-15-30(16-14-29)24(32)9-4-3-5-12-31-25(33)22-11-10-19(26(34)37-2)17-23(22)28-27(31)35/h6-8,10-11,17-18H,3-5,9,12-16H2,1-2H3,(H,28,35). The molecule has 37 heavy (non-hydrogen) atoms. The molecule has 1 aromatic heterocycles. The van der Waals surface area contributed by atoms with Crippen LogP contribution < -0.4 is 20.9 Å². The fourth-order valence-electron chi connectivity index (χ4n) is 4.60. The molecule has 0 saturated carbocycles. The number of nitrogens with one attached hydrogen (secondary N) is 1. The summed E-state index contributed by atoms with van der Waals surface area (Å²) in [7, 11) is 2.92. The van der Waals surface area contributed by atoms with E-state index in [-0.39, 0.29) is 18.0 Å². The second kappa shape index (κ2) is 11.8. The number of nitrogens with zero attached hydrogens (tertiary/aromatic N) is 3. The number of anilines is 1. The molecule has 2 aromatic carbocycles. The Kier molecular flexibility index (Phi) is 8.27. The summed E-state index contributed by atoms with van der Waals surface area (Å²) in [4.78, 5) is 56.5. The summed E-state index contributed by atoms with van der Waals surface area (Å²) in [5, 5.41) is 0.329. The lowest BCUT2D eigenvalue weighted by molar-refractivity contribution is -0.131. The summed E-state index contributed by atoms with van der Waals surface area (Å²) >= 11 is 0. The molecule has 0 atom stereocenters. The molecule has 2 heterocycles. The van der Waals surface area contributed by atoms with Crippen LogP contribution in [0.4, 0.5) is 5.69 Å². The Balaban J connectivity index is 1.24. The Morgan fingerprint density at radius 3 is 2.46 bits per heavy atom. The second-order valence-corrected chi connectivity index (χ2v) is 9.02. The number of rotatable bonds is 9. The summed E-state index contributed by atoms with van der Waals surface area (Å²) in [5.41, 5.74) is 0.722. The Hall–Kier alpha value is -4.08. The van der Waals surface area contributed by atoms with Crippen LogP contribution in [-0.4, -0.2) is 66.7 Å². The van der Waals surface area contributed by atoms with E-state index in [1.807, 2.05) is 29.2 Å². The topological polar surface area (TPSA) is 114 Å². The van der Waals surface area contributed by atoms with Gasteiger partial charge in [-0.25, -0.2) is 9.59 Å². The molecule has 1 amide bonds. The van der Waals surface area contributed by atoms with E-state index in [0.717, 1.165) is 30.9 Å². The number of fused-ring (bicyclic) bond motifs is 1. The fraction of sp³-hybridized carbons (Fsp3) is 0.407. The maximum atomic E-state index is 12.8. The smallest absolute Gasteiger partial charge is 0.337 e. The van der Waals surface area contributed by atoms with Gasteiger partial charge in [0.2, 0.25) is 5.91 Å². The first-order valence-corrected chi connectivity index (χ1v) is 12.4. The van der Waals surface area contributed by atoms with Crippen molar-refractivity contribution in [1.29, 1.82) is 0 Å². The molecule has 196 valence electrons. The van der Waals surface area contributed by atoms with Gasteiger partial charge in [0.05, 0.1) is 30.7 Å². The van der Waals surface area contributed by atoms with E-state index < -0.39 is 17.2 Å². The van der Waals surface area contributed by atoms with E-state index >= 15 is 0 Å². The van der Waals surface area contributed by atoms with Crippen molar-refractivity contribution in [1.82, 2.24) is 14.5 Å². The van der Waals surface area contributed by atoms with Gasteiger partial charge in [0.25, 0.3) is 5.56 Å². The third kappa shape index (κ3) is 6.02. The van der Waals surface area contributed by atoms with Crippen molar-refractivity contribution in [2.75, 3.05) is 45.3 Å². The van der Waals surface area contributed by atoms with Gasteiger partial charge in [-0.2, -0.15) is 0 Å². The van der Waals surface area contributed by atoms with Crippen molar-refractivity contribution < 1.29 is 19.1 Å². The number of aromatic amines is 1. The van der Waals surface area contributed by atoms with E-state index in [0.29, 0.717) is 43.3 Å². The number of carbonyl (C=O) groups excluding carboxylic acids is 2. The zero-order valence-electron chi connectivity index (χ0n) is 21.2. The maximum absolute atomic E-state index is 12.8. The van der Waals surface area contributed by atoms with E-state index in [4.69, 9.17) is 4.74 Å². The van der Waals surface area contributed by atoms with Gasteiger partial charge in [0, 0.05) is 50.9 Å². The Labute approximate surface area is 214 Å². The highest BCUT2D eigenvalue weighted by atomic mass is 16.5. The number of H-pyrrole nitrogens is 1. The van der Waals surface area contributed by atoms with Crippen LogP contribution in [0.2, 0.25) is 0 Å². The molecule has 0 spiro atoms. The predicted molar refractivity (Wildman–Crippen MR) is 140 cm³/mol. The summed E-state index contributed by atoms with van der Waals surface area (Å²) in [5.74, 6) is 0.407. The molecule has 10 heteroatoms. The number of hydrogen-bond acceptors (Lipinski definition) is 7. The lowest BCUT2D eigenvalue weighted by Crippen LogP contribution is -2.48. The van der Waals surface area contributed by atoms with Crippen molar-refractivity contribution in [2.24, 2.45) is 0 Å². The van der Waals surface area contributed by atoms with Gasteiger partial charge in [0.1, 0.15) is 5.75 Å². The molecule has 1 aliphatic heterocycles. The van der Waals surface area contributed by atoms with E-state index in [9.17, 15) is 19.2 Å². The molecular formula is C27H32N4O6. The zero-order valence-corrected chi connectivity index (χ0v) is 21.2. The van der Waals surface area contributed by atoms with Gasteiger partial charge < -0.3 is 24.3 Å². The lowest BCUT2D eigenvalue weighted by Gasteiger charge is -2.36. The molecule has 1 aliphatic rings. The number of hydrogen-bond donors (Lipinski definition) is 1. The summed E-state index contributed by atoms with van der Waals surface area (Å²) in [6.07, 6.45) is 2.46. The molecule has 1 saturated heterocycles. The van der Waals surface area contributed by atoms with Crippen LogP contribution in [0.3, 0.4) is 0 Å². The van der Waals surface area contributed by atoms with Crippen LogP contribution in [0.5, 0.6) is 5.75 Å². The third-order valence-electron chi connectivity index (χ3n) is 6.73. The molecular weight excluding hydrogens is 476 g/mol. The highest BCUT2D eigenvalue weighted by Crippen LogP contribution is 2.22. The summed E-state index contributed by atoms with van der Waals surface area (Å²) in [6.45, 7) is 3.16. The van der Waals surface area contributed by atoms with Gasteiger partial charge in [-0.05, 0) is 43.2 Å². The van der Waals surface area contributed by atoms with Crippen molar-refractivity contribution in [3.8, 4) is 5.75 Å². The second-order valence-electron chi connectivity index (χ2n) is 9.02. The van der Waals surface area contributed by atoms with E-state index in [2.05, 4.69) is 14.6 Å². The van der Waals surface area contributed by atoms with Gasteiger partial charge in [0.15, 0.2) is 0 Å². The minimum Gasteiger partial charge on any atom is -0.497 e. The van der Waals surface area contributed by atoms with Crippen molar-refractivity contribution in [2.45, 2.75) is 32.2 Å². The zero-order chi connectivity index (χ0) is 26.4. The normalized spacial score (nSPS) is 13.6. The number of ether oxygens (including phenoxy) is 2. The summed E-state index contributed by atoms with van der Waals surface area (Å²) < 4.78 is 11.2. The first kappa shape index (κ1) is 26.0. The largest absolute Gasteiger partial charge is 0.497 e. The minimum atomic E-state index is -0.541.